The number of rotatable bonds is 5. The van der Waals surface area contributed by atoms with Crippen LogP contribution in [-0.4, -0.2) is 50.3 Å². The lowest BCUT2D eigenvalue weighted by Gasteiger charge is -2.35. The number of methoxy groups -OCH3 is 1. The molecule has 1 aromatic carbocycles. The number of nitrogens with zero attached hydrogens (tertiary/aromatic N) is 1. The first-order chi connectivity index (χ1) is 9.74. The summed E-state index contributed by atoms with van der Waals surface area (Å²) >= 11 is 0. The maximum Gasteiger partial charge on any atom is 0.223 e. The number of ether oxygens (including phenoxy) is 2. The first kappa shape index (κ1) is 14.8. The minimum absolute atomic E-state index is 0.0205. The van der Waals surface area contributed by atoms with Crippen LogP contribution in [0.1, 0.15) is 12.0 Å². The van der Waals surface area contributed by atoms with Crippen LogP contribution < -0.4 is 10.5 Å². The lowest BCUT2D eigenvalue weighted by molar-refractivity contribution is -0.139. The Balaban J connectivity index is 1.87. The molecular weight excluding hydrogens is 256 g/mol. The standard InChI is InChI=1S/C15H22N2O3/c1-19-14-5-2-12(3-6-14)4-7-15(18)17-8-9-20-11-13(17)10-16/h2-3,5-6,13H,4,7-11,16H2,1H3. The van der Waals surface area contributed by atoms with Crippen LogP contribution >= 0.6 is 0 Å². The fourth-order valence-corrected chi connectivity index (χ4v) is 2.37. The van der Waals surface area contributed by atoms with E-state index in [1.807, 2.05) is 29.2 Å². The second kappa shape index (κ2) is 7.26. The predicted octanol–water partition coefficient (Wildman–Crippen LogP) is 0.814. The van der Waals surface area contributed by atoms with Crippen LogP contribution in [0, 0.1) is 0 Å². The minimum Gasteiger partial charge on any atom is -0.497 e. The lowest BCUT2D eigenvalue weighted by atomic mass is 10.1. The van der Waals surface area contributed by atoms with E-state index in [-0.39, 0.29) is 11.9 Å². The first-order valence-corrected chi connectivity index (χ1v) is 6.95. The molecule has 5 heteroatoms. The van der Waals surface area contributed by atoms with Crippen molar-refractivity contribution < 1.29 is 14.3 Å². The van der Waals surface area contributed by atoms with Gasteiger partial charge < -0.3 is 20.1 Å². The summed E-state index contributed by atoms with van der Waals surface area (Å²) in [6, 6.07) is 7.83. The van der Waals surface area contributed by atoms with Gasteiger partial charge in [-0.05, 0) is 24.1 Å². The molecule has 1 fully saturated rings. The Morgan fingerprint density at radius 1 is 1.45 bits per heavy atom. The van der Waals surface area contributed by atoms with Gasteiger partial charge in [-0.3, -0.25) is 4.79 Å². The van der Waals surface area contributed by atoms with E-state index in [9.17, 15) is 4.79 Å². The third kappa shape index (κ3) is 3.71. The fraction of sp³-hybridized carbons (Fsp3) is 0.533. The Morgan fingerprint density at radius 3 is 2.85 bits per heavy atom. The normalized spacial score (nSPS) is 18.9. The first-order valence-electron chi connectivity index (χ1n) is 6.95. The maximum atomic E-state index is 12.3. The summed E-state index contributed by atoms with van der Waals surface area (Å²) in [5.74, 6) is 0.982. The van der Waals surface area contributed by atoms with Gasteiger partial charge in [-0.1, -0.05) is 12.1 Å². The van der Waals surface area contributed by atoms with Crippen LogP contribution in [-0.2, 0) is 16.0 Å². The summed E-state index contributed by atoms with van der Waals surface area (Å²) in [5.41, 5.74) is 6.82. The van der Waals surface area contributed by atoms with Gasteiger partial charge in [-0.25, -0.2) is 0 Å². The zero-order chi connectivity index (χ0) is 14.4. The van der Waals surface area contributed by atoms with E-state index in [0.717, 1.165) is 17.7 Å². The van der Waals surface area contributed by atoms with E-state index in [4.69, 9.17) is 15.2 Å². The van der Waals surface area contributed by atoms with Gasteiger partial charge in [0.15, 0.2) is 0 Å². The van der Waals surface area contributed by atoms with Crippen molar-refractivity contribution in [2.24, 2.45) is 5.73 Å². The molecule has 1 unspecified atom stereocenters. The van der Waals surface area contributed by atoms with E-state index < -0.39 is 0 Å². The summed E-state index contributed by atoms with van der Waals surface area (Å²) in [6.07, 6.45) is 1.24. The summed E-state index contributed by atoms with van der Waals surface area (Å²) in [4.78, 5) is 14.1. The van der Waals surface area contributed by atoms with Gasteiger partial charge in [0, 0.05) is 19.5 Å². The number of carbonyl (C=O) groups excluding carboxylic acids is 1. The monoisotopic (exact) mass is 278 g/mol. The van der Waals surface area contributed by atoms with Crippen LogP contribution in [0.5, 0.6) is 5.75 Å². The van der Waals surface area contributed by atoms with Gasteiger partial charge in [0.25, 0.3) is 0 Å². The second-order valence-electron chi connectivity index (χ2n) is 4.90. The summed E-state index contributed by atoms with van der Waals surface area (Å²) in [7, 11) is 1.64. The number of amides is 1. The van der Waals surface area contributed by atoms with Gasteiger partial charge in [-0.15, -0.1) is 0 Å². The van der Waals surface area contributed by atoms with Crippen LogP contribution in [0.4, 0.5) is 0 Å². The van der Waals surface area contributed by atoms with Crippen molar-refractivity contribution in [3.05, 3.63) is 29.8 Å². The van der Waals surface area contributed by atoms with Gasteiger partial charge in [0.1, 0.15) is 5.75 Å². The average molecular weight is 278 g/mol. The molecular formula is C15H22N2O3. The number of morpholine rings is 1. The van der Waals surface area contributed by atoms with Crippen LogP contribution in [0.3, 0.4) is 0 Å². The molecule has 0 aliphatic carbocycles. The summed E-state index contributed by atoms with van der Waals surface area (Å²) in [6.45, 7) is 2.24. The molecule has 1 aliphatic rings. The van der Waals surface area contributed by atoms with Gasteiger partial charge in [0.05, 0.1) is 26.4 Å². The van der Waals surface area contributed by atoms with E-state index in [1.165, 1.54) is 0 Å². The molecule has 5 nitrogen and oxygen atoms in total. The maximum absolute atomic E-state index is 12.3. The Bertz CT molecular complexity index is 433. The van der Waals surface area contributed by atoms with Crippen molar-refractivity contribution in [2.75, 3.05) is 33.4 Å². The molecule has 1 aliphatic heterocycles. The van der Waals surface area contributed by atoms with E-state index in [0.29, 0.717) is 32.7 Å². The molecule has 1 amide bonds. The predicted molar refractivity (Wildman–Crippen MR) is 76.7 cm³/mol. The number of nitrogens with two attached hydrogens (primary N) is 1. The highest BCUT2D eigenvalue weighted by Crippen LogP contribution is 2.14. The van der Waals surface area contributed by atoms with Gasteiger partial charge in [0.2, 0.25) is 5.91 Å². The lowest BCUT2D eigenvalue weighted by Crippen LogP contribution is -2.52. The molecule has 0 spiro atoms. The van der Waals surface area contributed by atoms with Gasteiger partial charge >= 0.3 is 0 Å². The Labute approximate surface area is 119 Å². The molecule has 110 valence electrons. The zero-order valence-corrected chi connectivity index (χ0v) is 11.9. The quantitative estimate of drug-likeness (QED) is 0.866. The number of benzene rings is 1. The number of carbonyl (C=O) groups is 1. The highest BCUT2D eigenvalue weighted by Gasteiger charge is 2.25. The largest absolute Gasteiger partial charge is 0.497 e. The smallest absolute Gasteiger partial charge is 0.223 e. The van der Waals surface area contributed by atoms with Crippen molar-refractivity contribution in [1.82, 2.24) is 4.90 Å². The third-order valence-electron chi connectivity index (χ3n) is 3.61. The van der Waals surface area contributed by atoms with Crippen LogP contribution in [0.25, 0.3) is 0 Å². The Kier molecular flexibility index (Phi) is 5.38. The number of aryl methyl sites for hydroxylation is 1. The molecule has 1 atom stereocenters. The van der Waals surface area contributed by atoms with Crippen LogP contribution in [0.15, 0.2) is 24.3 Å². The molecule has 0 bridgehead atoms. The fourth-order valence-electron chi connectivity index (χ4n) is 2.37. The number of hydrogen-bond acceptors (Lipinski definition) is 4. The Hall–Kier alpha value is -1.59. The van der Waals surface area contributed by atoms with Crippen LogP contribution in [0.2, 0.25) is 0 Å². The summed E-state index contributed by atoms with van der Waals surface area (Å²) < 4.78 is 10.5. The molecule has 2 N–H and O–H groups in total. The second-order valence-corrected chi connectivity index (χ2v) is 4.90. The summed E-state index contributed by atoms with van der Waals surface area (Å²) in [5, 5.41) is 0. The SMILES string of the molecule is COc1ccc(CCC(=O)N2CCOCC2CN)cc1. The molecule has 0 radical (unpaired) electrons. The third-order valence-corrected chi connectivity index (χ3v) is 3.61. The zero-order valence-electron chi connectivity index (χ0n) is 11.9. The van der Waals surface area contributed by atoms with E-state index in [2.05, 4.69) is 0 Å². The van der Waals surface area contributed by atoms with Gasteiger partial charge in [-0.2, -0.15) is 0 Å². The van der Waals surface area contributed by atoms with E-state index >= 15 is 0 Å². The van der Waals surface area contributed by atoms with E-state index in [1.54, 1.807) is 7.11 Å². The molecule has 1 aromatic rings. The van der Waals surface area contributed by atoms with Crippen molar-refractivity contribution >= 4 is 5.91 Å². The number of hydrogen-bond donors (Lipinski definition) is 1. The van der Waals surface area contributed by atoms with Crippen molar-refractivity contribution in [1.29, 1.82) is 0 Å². The molecule has 0 aromatic heterocycles. The molecule has 1 saturated heterocycles. The van der Waals surface area contributed by atoms with Crippen molar-refractivity contribution in [3.63, 3.8) is 0 Å². The highest BCUT2D eigenvalue weighted by atomic mass is 16.5. The Morgan fingerprint density at radius 2 is 2.20 bits per heavy atom. The molecule has 20 heavy (non-hydrogen) atoms. The van der Waals surface area contributed by atoms with Crippen molar-refractivity contribution in [2.45, 2.75) is 18.9 Å². The topological polar surface area (TPSA) is 64.8 Å². The molecule has 0 saturated carbocycles. The highest BCUT2D eigenvalue weighted by molar-refractivity contribution is 5.77. The molecule has 1 heterocycles. The molecule has 2 rings (SSSR count). The minimum atomic E-state index is 0.0205. The van der Waals surface area contributed by atoms with Crippen molar-refractivity contribution in [3.8, 4) is 5.75 Å². The average Bonchev–Trinajstić information content (AvgIpc) is 2.53.